The number of benzene rings is 1. The highest BCUT2D eigenvalue weighted by atomic mass is 16.5. The van der Waals surface area contributed by atoms with Crippen molar-refractivity contribution < 1.29 is 24.2 Å². The van der Waals surface area contributed by atoms with Crippen LogP contribution in [0, 0.1) is 11.3 Å². The van der Waals surface area contributed by atoms with E-state index in [1.54, 1.807) is 24.3 Å². The van der Waals surface area contributed by atoms with Crippen LogP contribution < -0.4 is 10.6 Å². The SMILES string of the molecule is N#CCc1ccc(NC(=O)NC(=O)COCC(=O)O)cc1. The maximum Gasteiger partial charge on any atom is 0.329 e. The van der Waals surface area contributed by atoms with E-state index in [9.17, 15) is 14.4 Å². The van der Waals surface area contributed by atoms with E-state index in [1.165, 1.54) is 0 Å². The molecule has 110 valence electrons. The smallest absolute Gasteiger partial charge is 0.329 e. The predicted octanol–water partition coefficient (Wildman–Crippen LogP) is 0.502. The number of nitrogens with one attached hydrogen (secondary N) is 2. The summed E-state index contributed by atoms with van der Waals surface area (Å²) in [7, 11) is 0. The lowest BCUT2D eigenvalue weighted by atomic mass is 10.1. The minimum absolute atomic E-state index is 0.270. The normalized spacial score (nSPS) is 9.48. The summed E-state index contributed by atoms with van der Waals surface area (Å²) in [6.07, 6.45) is 0.270. The summed E-state index contributed by atoms with van der Waals surface area (Å²) < 4.78 is 4.53. The fourth-order valence-corrected chi connectivity index (χ4v) is 1.35. The first-order valence-electron chi connectivity index (χ1n) is 5.87. The Bertz CT molecular complexity index is 562. The molecule has 0 heterocycles. The van der Waals surface area contributed by atoms with Crippen LogP contribution in [0.25, 0.3) is 0 Å². The number of anilines is 1. The van der Waals surface area contributed by atoms with Gasteiger partial charge in [0.15, 0.2) is 0 Å². The van der Waals surface area contributed by atoms with Crippen molar-refractivity contribution >= 4 is 23.6 Å². The molecule has 3 N–H and O–H groups in total. The van der Waals surface area contributed by atoms with Crippen molar-refractivity contribution in [3.63, 3.8) is 0 Å². The van der Waals surface area contributed by atoms with E-state index in [0.717, 1.165) is 5.56 Å². The highest BCUT2D eigenvalue weighted by Crippen LogP contribution is 2.09. The molecule has 0 aliphatic heterocycles. The van der Waals surface area contributed by atoms with Crippen LogP contribution in [0.2, 0.25) is 0 Å². The van der Waals surface area contributed by atoms with Crippen molar-refractivity contribution in [1.82, 2.24) is 5.32 Å². The molecule has 0 saturated carbocycles. The third kappa shape index (κ3) is 6.70. The molecule has 3 amide bonds. The van der Waals surface area contributed by atoms with E-state index in [0.29, 0.717) is 5.69 Å². The number of nitrogens with zero attached hydrogens (tertiary/aromatic N) is 1. The first kappa shape index (κ1) is 16.1. The van der Waals surface area contributed by atoms with Crippen LogP contribution in [0.3, 0.4) is 0 Å². The van der Waals surface area contributed by atoms with Crippen molar-refractivity contribution in [2.24, 2.45) is 0 Å². The second-order valence-corrected chi connectivity index (χ2v) is 3.92. The molecule has 0 bridgehead atoms. The van der Waals surface area contributed by atoms with E-state index in [2.05, 4.69) is 10.1 Å². The number of hydrogen-bond donors (Lipinski definition) is 3. The maximum absolute atomic E-state index is 11.5. The zero-order valence-corrected chi connectivity index (χ0v) is 11.0. The monoisotopic (exact) mass is 291 g/mol. The Morgan fingerprint density at radius 2 is 1.86 bits per heavy atom. The van der Waals surface area contributed by atoms with Crippen molar-refractivity contribution in [1.29, 1.82) is 5.26 Å². The van der Waals surface area contributed by atoms with E-state index < -0.39 is 31.1 Å². The molecule has 0 atom stereocenters. The zero-order chi connectivity index (χ0) is 15.7. The molecule has 0 saturated heterocycles. The fraction of sp³-hybridized carbons (Fsp3) is 0.231. The molecule has 1 rings (SSSR count). The van der Waals surface area contributed by atoms with Crippen LogP contribution in [0.4, 0.5) is 10.5 Å². The summed E-state index contributed by atoms with van der Waals surface area (Å²) in [5.41, 5.74) is 1.26. The number of ether oxygens (including phenoxy) is 1. The topological polar surface area (TPSA) is 129 Å². The van der Waals surface area contributed by atoms with Gasteiger partial charge in [-0.1, -0.05) is 12.1 Å². The van der Waals surface area contributed by atoms with Gasteiger partial charge in [0, 0.05) is 5.69 Å². The molecular weight excluding hydrogens is 278 g/mol. The van der Waals surface area contributed by atoms with Crippen molar-refractivity contribution in [3.05, 3.63) is 29.8 Å². The van der Waals surface area contributed by atoms with Crippen LogP contribution >= 0.6 is 0 Å². The number of amides is 3. The lowest BCUT2D eigenvalue weighted by molar-refractivity contribution is -0.143. The van der Waals surface area contributed by atoms with Crippen LogP contribution in [-0.4, -0.2) is 36.2 Å². The third-order valence-electron chi connectivity index (χ3n) is 2.21. The Balaban J connectivity index is 2.37. The first-order valence-corrected chi connectivity index (χ1v) is 5.87. The summed E-state index contributed by atoms with van der Waals surface area (Å²) in [4.78, 5) is 32.9. The van der Waals surface area contributed by atoms with Gasteiger partial charge in [0.25, 0.3) is 5.91 Å². The average Bonchev–Trinajstić information content (AvgIpc) is 2.40. The van der Waals surface area contributed by atoms with Gasteiger partial charge in [-0.05, 0) is 17.7 Å². The molecular formula is C13H13N3O5. The summed E-state index contributed by atoms with van der Waals surface area (Å²) in [6, 6.07) is 7.78. The lowest BCUT2D eigenvalue weighted by Gasteiger charge is -2.07. The minimum atomic E-state index is -1.20. The summed E-state index contributed by atoms with van der Waals surface area (Å²) >= 11 is 0. The zero-order valence-electron chi connectivity index (χ0n) is 11.0. The largest absolute Gasteiger partial charge is 0.480 e. The number of urea groups is 1. The highest BCUT2D eigenvalue weighted by molar-refractivity contribution is 6.01. The van der Waals surface area contributed by atoms with Gasteiger partial charge in [0.2, 0.25) is 0 Å². The lowest BCUT2D eigenvalue weighted by Crippen LogP contribution is -2.37. The van der Waals surface area contributed by atoms with Crippen molar-refractivity contribution in [3.8, 4) is 6.07 Å². The number of imide groups is 1. The Labute approximate surface area is 120 Å². The third-order valence-corrected chi connectivity index (χ3v) is 2.21. The second-order valence-electron chi connectivity index (χ2n) is 3.92. The standard InChI is InChI=1S/C13H13N3O5/c14-6-5-9-1-3-10(4-2-9)15-13(20)16-11(17)7-21-8-12(18)19/h1-4H,5,7-8H2,(H,18,19)(H2,15,16,17,20). The molecule has 0 spiro atoms. The number of carboxylic acids is 1. The Morgan fingerprint density at radius 3 is 2.43 bits per heavy atom. The van der Waals surface area contributed by atoms with Gasteiger partial charge in [0.05, 0.1) is 12.5 Å². The van der Waals surface area contributed by atoms with Gasteiger partial charge in [-0.15, -0.1) is 0 Å². The van der Waals surface area contributed by atoms with E-state index in [4.69, 9.17) is 10.4 Å². The molecule has 1 aromatic carbocycles. The van der Waals surface area contributed by atoms with Gasteiger partial charge in [-0.2, -0.15) is 5.26 Å². The molecule has 8 heteroatoms. The highest BCUT2D eigenvalue weighted by Gasteiger charge is 2.09. The van der Waals surface area contributed by atoms with Crippen LogP contribution in [0.1, 0.15) is 5.56 Å². The molecule has 0 fully saturated rings. The number of rotatable bonds is 6. The number of carboxylic acid groups (broad SMARTS) is 1. The van der Waals surface area contributed by atoms with Gasteiger partial charge in [0.1, 0.15) is 13.2 Å². The predicted molar refractivity (Wildman–Crippen MR) is 71.4 cm³/mol. The molecule has 1 aromatic rings. The number of hydrogen-bond acceptors (Lipinski definition) is 5. The van der Waals surface area contributed by atoms with Gasteiger partial charge in [-0.3, -0.25) is 10.1 Å². The average molecular weight is 291 g/mol. The van der Waals surface area contributed by atoms with Gasteiger partial charge >= 0.3 is 12.0 Å². The first-order chi connectivity index (χ1) is 10.0. The Morgan fingerprint density at radius 1 is 1.19 bits per heavy atom. The molecule has 0 aliphatic rings. The summed E-state index contributed by atoms with van der Waals surface area (Å²) in [5, 5.41) is 21.2. The number of aliphatic carboxylic acids is 1. The molecule has 0 aromatic heterocycles. The van der Waals surface area contributed by atoms with E-state index in [1.807, 2.05) is 11.4 Å². The molecule has 0 aliphatic carbocycles. The van der Waals surface area contributed by atoms with Gasteiger partial charge in [-0.25, -0.2) is 9.59 Å². The summed E-state index contributed by atoms with van der Waals surface area (Å²) in [5.74, 6) is -1.96. The maximum atomic E-state index is 11.5. The van der Waals surface area contributed by atoms with E-state index in [-0.39, 0.29) is 6.42 Å². The van der Waals surface area contributed by atoms with Gasteiger partial charge < -0.3 is 15.2 Å². The second kappa shape index (κ2) is 8.29. The van der Waals surface area contributed by atoms with Crippen LogP contribution in [-0.2, 0) is 20.7 Å². The summed E-state index contributed by atoms with van der Waals surface area (Å²) in [6.45, 7) is -1.14. The number of carbonyl (C=O) groups excluding carboxylic acids is 2. The number of carbonyl (C=O) groups is 3. The fourth-order valence-electron chi connectivity index (χ4n) is 1.35. The minimum Gasteiger partial charge on any atom is -0.480 e. The van der Waals surface area contributed by atoms with Crippen molar-refractivity contribution in [2.45, 2.75) is 6.42 Å². The molecule has 0 radical (unpaired) electrons. The quantitative estimate of drug-likeness (QED) is 0.700. The number of nitriles is 1. The Hall–Kier alpha value is -2.92. The molecule has 0 unspecified atom stereocenters. The Kier molecular flexibility index (Phi) is 6.37. The molecule has 21 heavy (non-hydrogen) atoms. The van der Waals surface area contributed by atoms with Crippen molar-refractivity contribution in [2.75, 3.05) is 18.5 Å². The van der Waals surface area contributed by atoms with Crippen LogP contribution in [0.15, 0.2) is 24.3 Å². The van der Waals surface area contributed by atoms with E-state index >= 15 is 0 Å². The molecule has 8 nitrogen and oxygen atoms in total. The van der Waals surface area contributed by atoms with Crippen LogP contribution in [0.5, 0.6) is 0 Å².